The van der Waals surface area contributed by atoms with Gasteiger partial charge in [-0.3, -0.25) is 4.79 Å². The van der Waals surface area contributed by atoms with Crippen LogP contribution in [0, 0.1) is 0 Å². The zero-order valence-electron chi connectivity index (χ0n) is 8.87. The lowest BCUT2D eigenvalue weighted by Crippen LogP contribution is -2.39. The standard InChI is InChI=1S/C11H13BrClNO2/c1-16-7-10(6-13)14-11(15)8-2-4-9(12)5-3-8/h2-5,10H,6-7H2,1H3,(H,14,15). The largest absolute Gasteiger partial charge is 0.383 e. The Kier molecular flexibility index (Phi) is 5.80. The molecule has 0 fully saturated rings. The number of amides is 1. The van der Waals surface area contributed by atoms with Gasteiger partial charge in [-0.2, -0.15) is 0 Å². The molecule has 0 heterocycles. The topological polar surface area (TPSA) is 38.3 Å². The summed E-state index contributed by atoms with van der Waals surface area (Å²) in [5.41, 5.74) is 0.606. The third kappa shape index (κ3) is 4.12. The Balaban J connectivity index is 2.60. The van der Waals surface area contributed by atoms with Crippen LogP contribution in [0.4, 0.5) is 0 Å². The maximum Gasteiger partial charge on any atom is 0.251 e. The first-order valence-electron chi connectivity index (χ1n) is 4.78. The van der Waals surface area contributed by atoms with Gasteiger partial charge in [-0.05, 0) is 24.3 Å². The van der Waals surface area contributed by atoms with Gasteiger partial charge in [-0.15, -0.1) is 11.6 Å². The van der Waals surface area contributed by atoms with E-state index < -0.39 is 0 Å². The number of ether oxygens (including phenoxy) is 1. The van der Waals surface area contributed by atoms with Crippen LogP contribution in [0.2, 0.25) is 0 Å². The van der Waals surface area contributed by atoms with Crippen LogP contribution in [-0.2, 0) is 4.74 Å². The van der Waals surface area contributed by atoms with E-state index in [1.165, 1.54) is 0 Å². The minimum atomic E-state index is -0.164. The Bertz CT molecular complexity index is 342. The maximum absolute atomic E-state index is 11.8. The van der Waals surface area contributed by atoms with Gasteiger partial charge < -0.3 is 10.1 Å². The van der Waals surface area contributed by atoms with Gasteiger partial charge in [0.15, 0.2) is 0 Å². The second-order valence-corrected chi connectivity index (χ2v) is 4.51. The molecule has 3 nitrogen and oxygen atoms in total. The highest BCUT2D eigenvalue weighted by Crippen LogP contribution is 2.10. The van der Waals surface area contributed by atoms with Gasteiger partial charge in [0, 0.05) is 23.0 Å². The summed E-state index contributed by atoms with van der Waals surface area (Å²) in [5, 5.41) is 2.79. The molecule has 88 valence electrons. The highest BCUT2D eigenvalue weighted by Gasteiger charge is 2.12. The van der Waals surface area contributed by atoms with Crippen LogP contribution >= 0.6 is 27.5 Å². The van der Waals surface area contributed by atoms with Crippen LogP contribution in [0.15, 0.2) is 28.7 Å². The molecule has 5 heteroatoms. The van der Waals surface area contributed by atoms with Crippen LogP contribution in [0.5, 0.6) is 0 Å². The summed E-state index contributed by atoms with van der Waals surface area (Å²) < 4.78 is 5.88. The maximum atomic E-state index is 11.8. The Hall–Kier alpha value is -0.580. The molecule has 0 radical (unpaired) electrons. The van der Waals surface area contributed by atoms with Crippen molar-refractivity contribution < 1.29 is 9.53 Å². The molecule has 0 aliphatic rings. The molecule has 1 aromatic rings. The Morgan fingerprint density at radius 3 is 2.62 bits per heavy atom. The molecular weight excluding hydrogens is 293 g/mol. The van der Waals surface area contributed by atoms with Crippen molar-refractivity contribution in [3.63, 3.8) is 0 Å². The fourth-order valence-corrected chi connectivity index (χ4v) is 1.63. The smallest absolute Gasteiger partial charge is 0.251 e. The molecule has 0 aliphatic heterocycles. The summed E-state index contributed by atoms with van der Waals surface area (Å²) in [6, 6.07) is 6.97. The molecule has 0 bridgehead atoms. The van der Waals surface area contributed by atoms with Crippen molar-refractivity contribution in [2.24, 2.45) is 0 Å². The van der Waals surface area contributed by atoms with E-state index in [2.05, 4.69) is 21.2 Å². The SMILES string of the molecule is COCC(CCl)NC(=O)c1ccc(Br)cc1. The number of halogens is 2. The molecule has 0 aliphatic carbocycles. The number of carbonyl (C=O) groups is 1. The highest BCUT2D eigenvalue weighted by atomic mass is 79.9. The van der Waals surface area contributed by atoms with Gasteiger partial charge in [0.1, 0.15) is 0 Å². The number of nitrogens with one attached hydrogen (secondary N) is 1. The van der Waals surface area contributed by atoms with Crippen LogP contribution in [-0.4, -0.2) is 31.5 Å². The Morgan fingerprint density at radius 2 is 2.12 bits per heavy atom. The van der Waals surface area contributed by atoms with E-state index in [4.69, 9.17) is 16.3 Å². The van der Waals surface area contributed by atoms with Crippen LogP contribution in [0.3, 0.4) is 0 Å². The van der Waals surface area contributed by atoms with E-state index in [9.17, 15) is 4.79 Å². The molecule has 1 amide bonds. The van der Waals surface area contributed by atoms with Crippen LogP contribution in [0.1, 0.15) is 10.4 Å². The summed E-state index contributed by atoms with van der Waals surface area (Å²) >= 11 is 9.01. The second kappa shape index (κ2) is 6.89. The fourth-order valence-electron chi connectivity index (χ4n) is 1.20. The summed E-state index contributed by atoms with van der Waals surface area (Å²) in [4.78, 5) is 11.8. The van der Waals surface area contributed by atoms with Crippen molar-refractivity contribution in [1.82, 2.24) is 5.32 Å². The van der Waals surface area contributed by atoms with E-state index in [1.807, 2.05) is 12.1 Å². The molecule has 16 heavy (non-hydrogen) atoms. The monoisotopic (exact) mass is 305 g/mol. The normalized spacial score (nSPS) is 12.2. The van der Waals surface area contributed by atoms with Gasteiger partial charge in [0.2, 0.25) is 0 Å². The van der Waals surface area contributed by atoms with Crippen molar-refractivity contribution >= 4 is 33.4 Å². The first kappa shape index (κ1) is 13.5. The predicted octanol–water partition coefficient (Wildman–Crippen LogP) is 2.43. The van der Waals surface area contributed by atoms with E-state index in [-0.39, 0.29) is 11.9 Å². The zero-order valence-corrected chi connectivity index (χ0v) is 11.2. The van der Waals surface area contributed by atoms with Gasteiger partial charge >= 0.3 is 0 Å². The number of alkyl halides is 1. The second-order valence-electron chi connectivity index (χ2n) is 3.29. The van der Waals surface area contributed by atoms with Crippen molar-refractivity contribution in [3.05, 3.63) is 34.3 Å². The van der Waals surface area contributed by atoms with Crippen LogP contribution in [0.25, 0.3) is 0 Å². The molecule has 1 rings (SSSR count). The minimum Gasteiger partial charge on any atom is -0.383 e. The molecule has 1 N–H and O–H groups in total. The predicted molar refractivity (Wildman–Crippen MR) is 68.0 cm³/mol. The summed E-state index contributed by atoms with van der Waals surface area (Å²) in [6.07, 6.45) is 0. The molecule has 0 saturated heterocycles. The van der Waals surface area contributed by atoms with Crippen molar-refractivity contribution in [1.29, 1.82) is 0 Å². The number of hydrogen-bond acceptors (Lipinski definition) is 2. The number of rotatable bonds is 5. The van der Waals surface area contributed by atoms with Crippen molar-refractivity contribution in [3.8, 4) is 0 Å². The van der Waals surface area contributed by atoms with Crippen molar-refractivity contribution in [2.75, 3.05) is 19.6 Å². The summed E-state index contributed by atoms with van der Waals surface area (Å²) in [6.45, 7) is 0.409. The first-order chi connectivity index (χ1) is 7.67. The molecule has 0 saturated carbocycles. The number of methoxy groups -OCH3 is 1. The first-order valence-corrected chi connectivity index (χ1v) is 6.11. The van der Waals surface area contributed by atoms with Gasteiger partial charge in [-0.1, -0.05) is 15.9 Å². The lowest BCUT2D eigenvalue weighted by Gasteiger charge is -2.14. The van der Waals surface area contributed by atoms with Gasteiger partial charge in [-0.25, -0.2) is 0 Å². The average molecular weight is 307 g/mol. The minimum absolute atomic E-state index is 0.143. The fraction of sp³-hybridized carbons (Fsp3) is 0.364. The molecule has 1 aromatic carbocycles. The van der Waals surface area contributed by atoms with E-state index in [0.717, 1.165) is 4.47 Å². The van der Waals surface area contributed by atoms with Crippen molar-refractivity contribution in [2.45, 2.75) is 6.04 Å². The van der Waals surface area contributed by atoms with Crippen LogP contribution < -0.4 is 5.32 Å². The molecular formula is C11H13BrClNO2. The van der Waals surface area contributed by atoms with E-state index in [0.29, 0.717) is 18.1 Å². The zero-order chi connectivity index (χ0) is 12.0. The molecule has 0 spiro atoms. The summed E-state index contributed by atoms with van der Waals surface area (Å²) in [5.74, 6) is 0.186. The Labute approximate surface area is 108 Å². The van der Waals surface area contributed by atoms with Gasteiger partial charge in [0.05, 0.1) is 12.6 Å². The Morgan fingerprint density at radius 1 is 1.50 bits per heavy atom. The average Bonchev–Trinajstić information content (AvgIpc) is 2.29. The van der Waals surface area contributed by atoms with Gasteiger partial charge in [0.25, 0.3) is 5.91 Å². The number of carbonyl (C=O) groups excluding carboxylic acids is 1. The number of hydrogen-bond donors (Lipinski definition) is 1. The quantitative estimate of drug-likeness (QED) is 0.849. The summed E-state index contributed by atoms with van der Waals surface area (Å²) in [7, 11) is 1.57. The number of benzene rings is 1. The third-order valence-corrected chi connectivity index (χ3v) is 2.90. The molecule has 1 unspecified atom stereocenters. The van der Waals surface area contributed by atoms with E-state index >= 15 is 0 Å². The van der Waals surface area contributed by atoms with E-state index in [1.54, 1.807) is 19.2 Å². The molecule has 1 atom stereocenters. The molecule has 0 aromatic heterocycles. The highest BCUT2D eigenvalue weighted by molar-refractivity contribution is 9.10. The lowest BCUT2D eigenvalue weighted by molar-refractivity contribution is 0.0907. The lowest BCUT2D eigenvalue weighted by atomic mass is 10.2. The third-order valence-electron chi connectivity index (χ3n) is 2.00.